The van der Waals surface area contributed by atoms with Gasteiger partial charge in [-0.3, -0.25) is 0 Å². The van der Waals surface area contributed by atoms with E-state index in [1.165, 1.54) is 0 Å². The quantitative estimate of drug-likeness (QED) is 0.771. The lowest BCUT2D eigenvalue weighted by molar-refractivity contribution is 0.189. The number of fused-ring (bicyclic) bond motifs is 1. The number of anilines is 1. The van der Waals surface area contributed by atoms with Gasteiger partial charge < -0.3 is 15.0 Å². The number of nitrogens with one attached hydrogen (secondary N) is 1. The number of benzene rings is 2. The Bertz CT molecular complexity index is 936. The topological polar surface area (TPSA) is 54.5 Å². The maximum absolute atomic E-state index is 12.7. The van der Waals surface area contributed by atoms with Gasteiger partial charge in [-0.15, -0.1) is 0 Å². The van der Waals surface area contributed by atoms with E-state index in [2.05, 4.69) is 10.3 Å². The second-order valence-electron chi connectivity index (χ2n) is 6.55. The molecule has 1 aliphatic heterocycles. The standard InChI is InChI=1S/C21H21N3O2/c1-15-6-4-11-20(22-15)26-17-12-13-24(14-17)21(25)23-19-10-5-8-16-7-2-3-9-18(16)19/h2-11,17H,12-14H2,1H3,(H,23,25). The minimum atomic E-state index is -0.0929. The fraction of sp³-hybridized carbons (Fsp3) is 0.238. The second-order valence-corrected chi connectivity index (χ2v) is 6.55. The Labute approximate surface area is 152 Å². The van der Waals surface area contributed by atoms with Gasteiger partial charge in [-0.25, -0.2) is 9.78 Å². The highest BCUT2D eigenvalue weighted by Crippen LogP contribution is 2.24. The molecule has 2 amide bonds. The third-order valence-electron chi connectivity index (χ3n) is 4.61. The van der Waals surface area contributed by atoms with Crippen LogP contribution < -0.4 is 10.1 Å². The van der Waals surface area contributed by atoms with E-state index in [-0.39, 0.29) is 12.1 Å². The molecule has 4 rings (SSSR count). The van der Waals surface area contributed by atoms with Crippen molar-refractivity contribution in [1.82, 2.24) is 9.88 Å². The van der Waals surface area contributed by atoms with Crippen molar-refractivity contribution in [3.8, 4) is 5.88 Å². The summed E-state index contributed by atoms with van der Waals surface area (Å²) in [4.78, 5) is 18.8. The number of nitrogens with zero attached hydrogens (tertiary/aromatic N) is 2. The van der Waals surface area contributed by atoms with Gasteiger partial charge in [0, 0.05) is 30.1 Å². The van der Waals surface area contributed by atoms with Crippen molar-refractivity contribution in [2.75, 3.05) is 18.4 Å². The number of urea groups is 1. The molecular weight excluding hydrogens is 326 g/mol. The molecule has 0 spiro atoms. The number of aryl methyl sites for hydroxylation is 1. The minimum absolute atomic E-state index is 0.0254. The molecule has 1 N–H and O–H groups in total. The first-order valence-corrected chi connectivity index (χ1v) is 8.83. The molecule has 2 aromatic carbocycles. The zero-order chi connectivity index (χ0) is 17.9. The van der Waals surface area contributed by atoms with Gasteiger partial charge in [0.25, 0.3) is 0 Å². The van der Waals surface area contributed by atoms with Crippen LogP contribution in [0.4, 0.5) is 10.5 Å². The highest BCUT2D eigenvalue weighted by Gasteiger charge is 2.28. The molecule has 0 radical (unpaired) electrons. The van der Waals surface area contributed by atoms with Crippen molar-refractivity contribution in [1.29, 1.82) is 0 Å². The van der Waals surface area contributed by atoms with Crippen LogP contribution in [0.1, 0.15) is 12.1 Å². The summed E-state index contributed by atoms with van der Waals surface area (Å²) in [6.45, 7) is 3.17. The summed E-state index contributed by atoms with van der Waals surface area (Å²) in [5.74, 6) is 0.617. The normalized spacial score (nSPS) is 16.7. The molecule has 26 heavy (non-hydrogen) atoms. The monoisotopic (exact) mass is 347 g/mol. The van der Waals surface area contributed by atoms with Gasteiger partial charge in [-0.05, 0) is 24.4 Å². The van der Waals surface area contributed by atoms with E-state index >= 15 is 0 Å². The lowest BCUT2D eigenvalue weighted by atomic mass is 10.1. The number of ether oxygens (including phenoxy) is 1. The number of likely N-dealkylation sites (tertiary alicyclic amines) is 1. The van der Waals surface area contributed by atoms with E-state index in [1.54, 1.807) is 4.90 Å². The summed E-state index contributed by atoms with van der Waals surface area (Å²) in [5.41, 5.74) is 1.75. The Morgan fingerprint density at radius 1 is 1.12 bits per heavy atom. The van der Waals surface area contributed by atoms with Crippen molar-refractivity contribution in [3.05, 3.63) is 66.4 Å². The van der Waals surface area contributed by atoms with Gasteiger partial charge >= 0.3 is 6.03 Å². The van der Waals surface area contributed by atoms with Gasteiger partial charge in [0.05, 0.1) is 12.2 Å². The summed E-state index contributed by atoms with van der Waals surface area (Å²) in [7, 11) is 0. The van der Waals surface area contributed by atoms with Crippen molar-refractivity contribution in [2.45, 2.75) is 19.4 Å². The fourth-order valence-corrected chi connectivity index (χ4v) is 3.29. The SMILES string of the molecule is Cc1cccc(OC2CCN(C(=O)Nc3cccc4ccccc34)C2)n1. The van der Waals surface area contributed by atoms with Gasteiger partial charge in [0.2, 0.25) is 5.88 Å². The molecule has 1 unspecified atom stereocenters. The summed E-state index contributed by atoms with van der Waals surface area (Å²) in [5, 5.41) is 5.19. The highest BCUT2D eigenvalue weighted by atomic mass is 16.5. The molecular formula is C21H21N3O2. The molecule has 0 saturated carbocycles. The number of aromatic nitrogens is 1. The predicted octanol–water partition coefficient (Wildman–Crippen LogP) is 4.23. The average Bonchev–Trinajstić information content (AvgIpc) is 3.11. The minimum Gasteiger partial charge on any atom is -0.472 e. The summed E-state index contributed by atoms with van der Waals surface area (Å²) in [6.07, 6.45) is 0.779. The van der Waals surface area contributed by atoms with E-state index in [0.717, 1.165) is 28.6 Å². The van der Waals surface area contributed by atoms with Gasteiger partial charge in [0.1, 0.15) is 6.10 Å². The zero-order valence-electron chi connectivity index (χ0n) is 14.7. The Morgan fingerprint density at radius 3 is 2.81 bits per heavy atom. The van der Waals surface area contributed by atoms with Gasteiger partial charge in [-0.2, -0.15) is 0 Å². The molecule has 1 atom stereocenters. The smallest absolute Gasteiger partial charge is 0.321 e. The lowest BCUT2D eigenvalue weighted by Gasteiger charge is -2.18. The molecule has 5 heteroatoms. The number of amides is 2. The van der Waals surface area contributed by atoms with Crippen LogP contribution in [0.3, 0.4) is 0 Å². The summed E-state index contributed by atoms with van der Waals surface area (Å²) in [6, 6.07) is 19.6. The first-order chi connectivity index (χ1) is 12.7. The van der Waals surface area contributed by atoms with Crippen LogP contribution in [0.5, 0.6) is 5.88 Å². The fourth-order valence-electron chi connectivity index (χ4n) is 3.29. The lowest BCUT2D eigenvalue weighted by Crippen LogP contribution is -2.34. The molecule has 132 valence electrons. The van der Waals surface area contributed by atoms with Crippen molar-refractivity contribution in [2.24, 2.45) is 0 Å². The molecule has 1 saturated heterocycles. The third-order valence-corrected chi connectivity index (χ3v) is 4.61. The molecule has 0 aliphatic carbocycles. The van der Waals surface area contributed by atoms with E-state index in [0.29, 0.717) is 19.0 Å². The molecule has 2 heterocycles. The number of carbonyl (C=O) groups is 1. The Hall–Kier alpha value is -3.08. The second kappa shape index (κ2) is 7.04. The summed E-state index contributed by atoms with van der Waals surface area (Å²) < 4.78 is 5.92. The molecule has 1 aromatic heterocycles. The Morgan fingerprint density at radius 2 is 1.92 bits per heavy atom. The largest absolute Gasteiger partial charge is 0.472 e. The van der Waals surface area contributed by atoms with Crippen LogP contribution >= 0.6 is 0 Å². The number of rotatable bonds is 3. The molecule has 0 bridgehead atoms. The van der Waals surface area contributed by atoms with Crippen LogP contribution in [0.15, 0.2) is 60.7 Å². The van der Waals surface area contributed by atoms with Crippen molar-refractivity contribution in [3.63, 3.8) is 0 Å². The van der Waals surface area contributed by atoms with E-state index in [1.807, 2.05) is 67.6 Å². The van der Waals surface area contributed by atoms with Crippen LogP contribution in [-0.4, -0.2) is 35.1 Å². The average molecular weight is 347 g/mol. The van der Waals surface area contributed by atoms with E-state index in [9.17, 15) is 4.79 Å². The van der Waals surface area contributed by atoms with Crippen molar-refractivity contribution < 1.29 is 9.53 Å². The predicted molar refractivity (Wildman–Crippen MR) is 103 cm³/mol. The Balaban J connectivity index is 1.41. The molecule has 1 aliphatic rings. The molecule has 5 nitrogen and oxygen atoms in total. The summed E-state index contributed by atoms with van der Waals surface area (Å²) >= 11 is 0. The maximum atomic E-state index is 12.7. The Kier molecular flexibility index (Phi) is 4.44. The number of pyridine rings is 1. The van der Waals surface area contributed by atoms with E-state index < -0.39 is 0 Å². The van der Waals surface area contributed by atoms with Crippen LogP contribution in [0.25, 0.3) is 10.8 Å². The van der Waals surface area contributed by atoms with Crippen LogP contribution in [0.2, 0.25) is 0 Å². The van der Waals surface area contributed by atoms with Gasteiger partial charge in [-0.1, -0.05) is 42.5 Å². The molecule has 1 fully saturated rings. The van der Waals surface area contributed by atoms with Crippen LogP contribution in [0, 0.1) is 6.92 Å². The number of carbonyl (C=O) groups excluding carboxylic acids is 1. The first-order valence-electron chi connectivity index (χ1n) is 8.83. The van der Waals surface area contributed by atoms with Crippen LogP contribution in [-0.2, 0) is 0 Å². The highest BCUT2D eigenvalue weighted by molar-refractivity contribution is 6.01. The van der Waals surface area contributed by atoms with Gasteiger partial charge in [0.15, 0.2) is 0 Å². The number of hydrogen-bond acceptors (Lipinski definition) is 3. The first kappa shape index (κ1) is 16.4. The number of hydrogen-bond donors (Lipinski definition) is 1. The van der Waals surface area contributed by atoms with E-state index in [4.69, 9.17) is 4.74 Å². The third kappa shape index (κ3) is 3.47. The maximum Gasteiger partial charge on any atom is 0.321 e. The van der Waals surface area contributed by atoms with Crippen molar-refractivity contribution >= 4 is 22.5 Å². The zero-order valence-corrected chi connectivity index (χ0v) is 14.7. The molecule has 3 aromatic rings.